The standard InChI is InChI=1S/C17H20O3/c1-13-11-15(18)17(16(12-13)19-2)20-10-6-9-14-7-4-3-5-8-14/h3-5,7-8,11-12,18H,6,9-10H2,1-2H3. The number of ether oxygens (including phenoxy) is 2. The van der Waals surface area contributed by atoms with Crippen LogP contribution in [0.2, 0.25) is 0 Å². The van der Waals surface area contributed by atoms with Gasteiger partial charge in [-0.3, -0.25) is 0 Å². The predicted octanol–water partition coefficient (Wildman–Crippen LogP) is 3.72. The number of benzene rings is 2. The minimum absolute atomic E-state index is 0.126. The third-order valence-electron chi connectivity index (χ3n) is 3.10. The minimum Gasteiger partial charge on any atom is -0.504 e. The first-order valence-corrected chi connectivity index (χ1v) is 6.75. The maximum atomic E-state index is 9.91. The minimum atomic E-state index is 0.126. The normalized spacial score (nSPS) is 10.3. The highest BCUT2D eigenvalue weighted by Crippen LogP contribution is 2.37. The summed E-state index contributed by atoms with van der Waals surface area (Å²) in [7, 11) is 1.57. The van der Waals surface area contributed by atoms with Crippen molar-refractivity contribution in [3.8, 4) is 17.2 Å². The Morgan fingerprint density at radius 2 is 1.85 bits per heavy atom. The average molecular weight is 272 g/mol. The Bertz CT molecular complexity index is 550. The molecule has 2 rings (SSSR count). The molecule has 0 fully saturated rings. The molecule has 3 heteroatoms. The highest BCUT2D eigenvalue weighted by molar-refractivity contribution is 5.52. The van der Waals surface area contributed by atoms with Gasteiger partial charge in [0.2, 0.25) is 5.75 Å². The number of hydrogen-bond acceptors (Lipinski definition) is 3. The van der Waals surface area contributed by atoms with Crippen molar-refractivity contribution < 1.29 is 14.6 Å². The van der Waals surface area contributed by atoms with Crippen LogP contribution in [0.4, 0.5) is 0 Å². The second-order valence-corrected chi connectivity index (χ2v) is 4.75. The molecule has 0 spiro atoms. The second kappa shape index (κ2) is 6.85. The van der Waals surface area contributed by atoms with Gasteiger partial charge in [0, 0.05) is 0 Å². The third-order valence-corrected chi connectivity index (χ3v) is 3.10. The number of methoxy groups -OCH3 is 1. The van der Waals surface area contributed by atoms with Gasteiger partial charge < -0.3 is 14.6 Å². The maximum Gasteiger partial charge on any atom is 0.203 e. The van der Waals surface area contributed by atoms with Crippen molar-refractivity contribution in [2.45, 2.75) is 19.8 Å². The Labute approximate surface area is 119 Å². The lowest BCUT2D eigenvalue weighted by Crippen LogP contribution is -2.01. The van der Waals surface area contributed by atoms with Crippen molar-refractivity contribution >= 4 is 0 Å². The van der Waals surface area contributed by atoms with Crippen LogP contribution in [0.15, 0.2) is 42.5 Å². The first kappa shape index (κ1) is 14.3. The number of phenolic OH excluding ortho intramolecular Hbond substituents is 1. The van der Waals surface area contributed by atoms with Crippen LogP contribution in [0.1, 0.15) is 17.5 Å². The largest absolute Gasteiger partial charge is 0.504 e. The van der Waals surface area contributed by atoms with Crippen molar-refractivity contribution in [3.05, 3.63) is 53.6 Å². The predicted molar refractivity (Wildman–Crippen MR) is 79.7 cm³/mol. The molecule has 0 aromatic heterocycles. The topological polar surface area (TPSA) is 38.7 Å². The molecule has 0 amide bonds. The van der Waals surface area contributed by atoms with Crippen molar-refractivity contribution in [1.29, 1.82) is 0 Å². The SMILES string of the molecule is COc1cc(C)cc(O)c1OCCCc1ccccc1. The molecule has 20 heavy (non-hydrogen) atoms. The van der Waals surface area contributed by atoms with E-state index in [1.54, 1.807) is 13.2 Å². The van der Waals surface area contributed by atoms with Crippen molar-refractivity contribution in [1.82, 2.24) is 0 Å². The molecule has 3 nitrogen and oxygen atoms in total. The van der Waals surface area contributed by atoms with Crippen molar-refractivity contribution in [3.63, 3.8) is 0 Å². The lowest BCUT2D eigenvalue weighted by atomic mass is 10.1. The Balaban J connectivity index is 1.91. The summed E-state index contributed by atoms with van der Waals surface area (Å²) in [6.07, 6.45) is 1.84. The molecule has 0 aliphatic rings. The van der Waals surface area contributed by atoms with E-state index in [1.807, 2.05) is 31.2 Å². The first-order chi connectivity index (χ1) is 9.70. The molecule has 2 aromatic rings. The van der Waals surface area contributed by atoms with Gasteiger partial charge in [-0.1, -0.05) is 30.3 Å². The van der Waals surface area contributed by atoms with Crippen molar-refractivity contribution in [2.75, 3.05) is 13.7 Å². The molecule has 0 radical (unpaired) electrons. The van der Waals surface area contributed by atoms with Gasteiger partial charge in [0.1, 0.15) is 0 Å². The molecule has 1 N–H and O–H groups in total. The van der Waals surface area contributed by atoms with E-state index in [9.17, 15) is 5.11 Å². The summed E-state index contributed by atoms with van der Waals surface area (Å²) in [4.78, 5) is 0. The van der Waals surface area contributed by atoms with E-state index < -0.39 is 0 Å². The number of aromatic hydroxyl groups is 1. The summed E-state index contributed by atoms with van der Waals surface area (Å²) in [6.45, 7) is 2.45. The van der Waals surface area contributed by atoms with Crippen LogP contribution in [0.5, 0.6) is 17.2 Å². The van der Waals surface area contributed by atoms with E-state index in [1.165, 1.54) is 5.56 Å². The van der Waals surface area contributed by atoms with Gasteiger partial charge in [0.25, 0.3) is 0 Å². The van der Waals surface area contributed by atoms with Crippen LogP contribution < -0.4 is 9.47 Å². The molecule has 0 saturated carbocycles. The molecular weight excluding hydrogens is 252 g/mol. The number of hydrogen-bond donors (Lipinski definition) is 1. The summed E-state index contributed by atoms with van der Waals surface area (Å²) >= 11 is 0. The highest BCUT2D eigenvalue weighted by Gasteiger charge is 2.11. The lowest BCUT2D eigenvalue weighted by molar-refractivity contribution is 0.274. The highest BCUT2D eigenvalue weighted by atomic mass is 16.5. The van der Waals surface area contributed by atoms with Crippen molar-refractivity contribution in [2.24, 2.45) is 0 Å². The molecule has 0 aliphatic carbocycles. The first-order valence-electron chi connectivity index (χ1n) is 6.75. The zero-order chi connectivity index (χ0) is 14.4. The zero-order valence-corrected chi connectivity index (χ0v) is 11.9. The monoisotopic (exact) mass is 272 g/mol. The Morgan fingerprint density at radius 3 is 2.55 bits per heavy atom. The van der Waals surface area contributed by atoms with E-state index in [-0.39, 0.29) is 5.75 Å². The molecule has 0 saturated heterocycles. The fourth-order valence-electron chi connectivity index (χ4n) is 2.11. The Hall–Kier alpha value is -2.16. The fraction of sp³-hybridized carbons (Fsp3) is 0.294. The summed E-state index contributed by atoms with van der Waals surface area (Å²) in [5.74, 6) is 1.12. The van der Waals surface area contributed by atoms with Gasteiger partial charge in [0.05, 0.1) is 13.7 Å². The van der Waals surface area contributed by atoms with Gasteiger partial charge in [-0.2, -0.15) is 0 Å². The Kier molecular flexibility index (Phi) is 4.88. The lowest BCUT2D eigenvalue weighted by Gasteiger charge is -2.13. The average Bonchev–Trinajstić information content (AvgIpc) is 2.45. The summed E-state index contributed by atoms with van der Waals surface area (Å²) in [5, 5.41) is 9.91. The zero-order valence-electron chi connectivity index (χ0n) is 11.9. The molecule has 2 aromatic carbocycles. The quantitative estimate of drug-likeness (QED) is 0.814. The van der Waals surface area contributed by atoms with Gasteiger partial charge in [-0.05, 0) is 43.0 Å². The molecule has 106 valence electrons. The van der Waals surface area contributed by atoms with Gasteiger partial charge in [-0.15, -0.1) is 0 Å². The van der Waals surface area contributed by atoms with Crippen LogP contribution >= 0.6 is 0 Å². The number of rotatable bonds is 6. The number of phenols is 1. The molecule has 0 aliphatic heterocycles. The van der Waals surface area contributed by atoms with Crippen LogP contribution in [0, 0.1) is 6.92 Å². The smallest absolute Gasteiger partial charge is 0.203 e. The van der Waals surface area contributed by atoms with E-state index in [0.717, 1.165) is 18.4 Å². The molecular formula is C17H20O3. The summed E-state index contributed by atoms with van der Waals surface area (Å²) < 4.78 is 10.9. The van der Waals surface area contributed by atoms with Crippen LogP contribution in [0.25, 0.3) is 0 Å². The van der Waals surface area contributed by atoms with E-state index >= 15 is 0 Å². The van der Waals surface area contributed by atoms with E-state index in [2.05, 4.69) is 12.1 Å². The maximum absolute atomic E-state index is 9.91. The van der Waals surface area contributed by atoms with Crippen LogP contribution in [0.3, 0.4) is 0 Å². The fourth-order valence-corrected chi connectivity index (χ4v) is 2.11. The van der Waals surface area contributed by atoms with E-state index in [4.69, 9.17) is 9.47 Å². The third kappa shape index (κ3) is 3.67. The molecule has 0 atom stereocenters. The van der Waals surface area contributed by atoms with Crippen LogP contribution in [-0.2, 0) is 6.42 Å². The number of aryl methyl sites for hydroxylation is 2. The summed E-state index contributed by atoms with van der Waals surface area (Å²) in [6, 6.07) is 13.8. The Morgan fingerprint density at radius 1 is 1.10 bits per heavy atom. The van der Waals surface area contributed by atoms with Gasteiger partial charge in [-0.25, -0.2) is 0 Å². The van der Waals surface area contributed by atoms with Gasteiger partial charge in [0.15, 0.2) is 11.5 Å². The molecule has 0 heterocycles. The second-order valence-electron chi connectivity index (χ2n) is 4.75. The molecule has 0 bridgehead atoms. The van der Waals surface area contributed by atoms with Gasteiger partial charge >= 0.3 is 0 Å². The van der Waals surface area contributed by atoms with E-state index in [0.29, 0.717) is 18.1 Å². The van der Waals surface area contributed by atoms with Crippen LogP contribution in [-0.4, -0.2) is 18.8 Å². The summed E-state index contributed by atoms with van der Waals surface area (Å²) in [5.41, 5.74) is 2.23. The molecule has 0 unspecified atom stereocenters.